The summed E-state index contributed by atoms with van der Waals surface area (Å²) >= 11 is 2.08. The first-order chi connectivity index (χ1) is 7.90. The van der Waals surface area contributed by atoms with Crippen LogP contribution in [0.25, 0.3) is 0 Å². The summed E-state index contributed by atoms with van der Waals surface area (Å²) in [5.74, 6) is 2.33. The first kappa shape index (κ1) is 11.8. The predicted molar refractivity (Wildman–Crippen MR) is 71.3 cm³/mol. The minimum atomic E-state index is 0.727. The number of thioether (sulfide) groups is 1. The Hall–Kier alpha value is -0.630. The van der Waals surface area contributed by atoms with E-state index in [9.17, 15) is 0 Å². The Morgan fingerprint density at radius 3 is 2.75 bits per heavy atom. The molecule has 88 valence electrons. The van der Waals surface area contributed by atoms with Gasteiger partial charge in [0.05, 0.1) is 6.61 Å². The van der Waals surface area contributed by atoms with Crippen molar-refractivity contribution in [1.82, 2.24) is 0 Å². The Morgan fingerprint density at radius 1 is 1.31 bits per heavy atom. The highest BCUT2D eigenvalue weighted by molar-refractivity contribution is 7.99. The van der Waals surface area contributed by atoms with E-state index in [1.807, 2.05) is 0 Å². The lowest BCUT2D eigenvalue weighted by atomic mass is 10.1. The molecular formula is C14H20OS. The van der Waals surface area contributed by atoms with Crippen molar-refractivity contribution in [3.05, 3.63) is 29.8 Å². The summed E-state index contributed by atoms with van der Waals surface area (Å²) in [5.41, 5.74) is 1.46. The Balaban J connectivity index is 1.88. The molecule has 2 rings (SSSR count). The molecule has 1 fully saturated rings. The zero-order valence-corrected chi connectivity index (χ0v) is 10.8. The van der Waals surface area contributed by atoms with Gasteiger partial charge >= 0.3 is 0 Å². The van der Waals surface area contributed by atoms with Crippen molar-refractivity contribution in [3.8, 4) is 5.75 Å². The molecule has 1 aliphatic heterocycles. The van der Waals surface area contributed by atoms with Gasteiger partial charge in [0.1, 0.15) is 5.75 Å². The fraction of sp³-hybridized carbons (Fsp3) is 0.571. The van der Waals surface area contributed by atoms with Gasteiger partial charge in [-0.15, -0.1) is 0 Å². The average molecular weight is 236 g/mol. The summed E-state index contributed by atoms with van der Waals surface area (Å²) in [6, 6.07) is 8.68. The summed E-state index contributed by atoms with van der Waals surface area (Å²) in [4.78, 5) is 0. The highest BCUT2D eigenvalue weighted by Gasteiger charge is 2.17. The Morgan fingerprint density at radius 2 is 2.12 bits per heavy atom. The predicted octanol–water partition coefficient (Wildman–Crippen LogP) is 4.43. The van der Waals surface area contributed by atoms with Gasteiger partial charge in [-0.25, -0.2) is 0 Å². The highest BCUT2D eigenvalue weighted by Crippen LogP contribution is 2.40. The number of unbranched alkanes of at least 4 members (excludes halogenated alkanes) is 1. The van der Waals surface area contributed by atoms with Gasteiger partial charge in [-0.3, -0.25) is 0 Å². The molecule has 1 saturated heterocycles. The van der Waals surface area contributed by atoms with E-state index in [0.29, 0.717) is 0 Å². The van der Waals surface area contributed by atoms with E-state index in [0.717, 1.165) is 24.0 Å². The molecule has 0 bridgehead atoms. The molecule has 0 spiro atoms. The largest absolute Gasteiger partial charge is 0.494 e. The van der Waals surface area contributed by atoms with Crippen LogP contribution in [-0.4, -0.2) is 12.4 Å². The van der Waals surface area contributed by atoms with Crippen LogP contribution in [0.1, 0.15) is 43.4 Å². The lowest BCUT2D eigenvalue weighted by molar-refractivity contribution is 0.309. The quantitative estimate of drug-likeness (QED) is 0.699. The van der Waals surface area contributed by atoms with Crippen molar-refractivity contribution in [2.24, 2.45) is 0 Å². The van der Waals surface area contributed by atoms with E-state index >= 15 is 0 Å². The molecule has 0 saturated carbocycles. The molecule has 1 aromatic rings. The molecule has 1 aliphatic rings. The maximum atomic E-state index is 5.66. The van der Waals surface area contributed by atoms with Crippen LogP contribution in [0.4, 0.5) is 0 Å². The summed E-state index contributed by atoms with van der Waals surface area (Å²) in [7, 11) is 0. The molecule has 16 heavy (non-hydrogen) atoms. The van der Waals surface area contributed by atoms with Crippen LogP contribution in [0.15, 0.2) is 24.3 Å². The fourth-order valence-electron chi connectivity index (χ4n) is 1.95. The number of benzene rings is 1. The lowest BCUT2D eigenvalue weighted by Crippen LogP contribution is -1.96. The lowest BCUT2D eigenvalue weighted by Gasteiger charge is -2.10. The minimum Gasteiger partial charge on any atom is -0.494 e. The zero-order valence-electron chi connectivity index (χ0n) is 9.95. The molecule has 0 aliphatic carbocycles. The van der Waals surface area contributed by atoms with Crippen LogP contribution in [0.5, 0.6) is 5.75 Å². The zero-order chi connectivity index (χ0) is 11.2. The van der Waals surface area contributed by atoms with E-state index in [-0.39, 0.29) is 0 Å². The molecule has 1 nitrogen and oxygen atoms in total. The van der Waals surface area contributed by atoms with Crippen LogP contribution in [0, 0.1) is 0 Å². The van der Waals surface area contributed by atoms with Crippen molar-refractivity contribution in [2.45, 2.75) is 37.9 Å². The normalized spacial score (nSPS) is 19.9. The van der Waals surface area contributed by atoms with Crippen molar-refractivity contribution in [3.63, 3.8) is 0 Å². The smallest absolute Gasteiger partial charge is 0.119 e. The van der Waals surface area contributed by atoms with Crippen LogP contribution >= 0.6 is 11.8 Å². The monoisotopic (exact) mass is 236 g/mol. The molecule has 2 heteroatoms. The third-order valence-corrected chi connectivity index (χ3v) is 4.38. The second-order valence-corrected chi connectivity index (χ2v) is 5.58. The number of rotatable bonds is 5. The third-order valence-electron chi connectivity index (χ3n) is 2.95. The third kappa shape index (κ3) is 3.18. The standard InChI is InChI=1S/C14H20OS/c1-2-3-10-15-13-8-6-12(7-9-13)14-5-4-11-16-14/h6-9,14H,2-5,10-11H2,1H3. The van der Waals surface area contributed by atoms with Crippen molar-refractivity contribution >= 4 is 11.8 Å². The molecule has 0 aromatic heterocycles. The highest BCUT2D eigenvalue weighted by atomic mass is 32.2. The van der Waals surface area contributed by atoms with Gasteiger partial charge in [-0.05, 0) is 42.7 Å². The first-order valence-electron chi connectivity index (χ1n) is 6.24. The summed E-state index contributed by atoms with van der Waals surface area (Å²) in [5, 5.41) is 0.727. The number of hydrogen-bond acceptors (Lipinski definition) is 2. The van der Waals surface area contributed by atoms with Gasteiger partial charge in [0, 0.05) is 5.25 Å². The molecule has 1 unspecified atom stereocenters. The summed E-state index contributed by atoms with van der Waals surface area (Å²) < 4.78 is 5.66. The van der Waals surface area contributed by atoms with E-state index in [2.05, 4.69) is 43.0 Å². The van der Waals surface area contributed by atoms with E-state index < -0.39 is 0 Å². The van der Waals surface area contributed by atoms with E-state index in [4.69, 9.17) is 4.74 Å². The minimum absolute atomic E-state index is 0.727. The van der Waals surface area contributed by atoms with Crippen LogP contribution < -0.4 is 4.74 Å². The second kappa shape index (κ2) is 6.19. The molecule has 0 amide bonds. The van der Waals surface area contributed by atoms with Crippen molar-refractivity contribution in [1.29, 1.82) is 0 Å². The summed E-state index contributed by atoms with van der Waals surface area (Å²) in [6.07, 6.45) is 5.03. The van der Waals surface area contributed by atoms with Gasteiger partial charge < -0.3 is 4.74 Å². The van der Waals surface area contributed by atoms with Crippen molar-refractivity contribution in [2.75, 3.05) is 12.4 Å². The van der Waals surface area contributed by atoms with E-state index in [1.54, 1.807) is 0 Å². The van der Waals surface area contributed by atoms with Crippen LogP contribution in [-0.2, 0) is 0 Å². The number of ether oxygens (including phenoxy) is 1. The second-order valence-electron chi connectivity index (χ2n) is 4.27. The van der Waals surface area contributed by atoms with Gasteiger partial charge in [0.25, 0.3) is 0 Å². The maximum Gasteiger partial charge on any atom is 0.119 e. The molecule has 0 radical (unpaired) electrons. The van der Waals surface area contributed by atoms with E-state index in [1.165, 1.54) is 30.6 Å². The van der Waals surface area contributed by atoms with Gasteiger partial charge in [0.15, 0.2) is 0 Å². The van der Waals surface area contributed by atoms with Gasteiger partial charge in [-0.1, -0.05) is 25.5 Å². The number of hydrogen-bond donors (Lipinski definition) is 0. The Bertz CT molecular complexity index is 301. The summed E-state index contributed by atoms with van der Waals surface area (Å²) in [6.45, 7) is 3.03. The topological polar surface area (TPSA) is 9.23 Å². The fourth-order valence-corrected chi connectivity index (χ4v) is 3.25. The van der Waals surface area contributed by atoms with Gasteiger partial charge in [-0.2, -0.15) is 11.8 Å². The Kier molecular flexibility index (Phi) is 4.58. The Labute approximate surface area is 103 Å². The first-order valence-corrected chi connectivity index (χ1v) is 7.29. The maximum absolute atomic E-state index is 5.66. The molecule has 1 heterocycles. The SMILES string of the molecule is CCCCOc1ccc(C2CCCS2)cc1. The molecular weight excluding hydrogens is 216 g/mol. The van der Waals surface area contributed by atoms with Gasteiger partial charge in [0.2, 0.25) is 0 Å². The van der Waals surface area contributed by atoms with Crippen molar-refractivity contribution < 1.29 is 4.74 Å². The van der Waals surface area contributed by atoms with Crippen LogP contribution in [0.3, 0.4) is 0 Å². The molecule has 0 N–H and O–H groups in total. The van der Waals surface area contributed by atoms with Crippen LogP contribution in [0.2, 0.25) is 0 Å². The molecule has 1 atom stereocenters. The molecule has 1 aromatic carbocycles. The average Bonchev–Trinajstić information content (AvgIpc) is 2.84.